The minimum absolute atomic E-state index is 0.00896. The summed E-state index contributed by atoms with van der Waals surface area (Å²) in [6, 6.07) is 6.56. The summed E-state index contributed by atoms with van der Waals surface area (Å²) < 4.78 is 0. The van der Waals surface area contributed by atoms with Crippen molar-refractivity contribution in [2.75, 3.05) is 13.2 Å². The van der Waals surface area contributed by atoms with Crippen LogP contribution in [-0.2, 0) is 10.3 Å². The van der Waals surface area contributed by atoms with Crippen molar-refractivity contribution in [1.82, 2.24) is 0 Å². The molecule has 0 bridgehead atoms. The van der Waals surface area contributed by atoms with Crippen molar-refractivity contribution >= 4 is 12.0 Å². The van der Waals surface area contributed by atoms with E-state index in [1.165, 1.54) is 11.1 Å². The molecule has 0 heterocycles. The van der Waals surface area contributed by atoms with Crippen molar-refractivity contribution in [3.63, 3.8) is 0 Å². The number of ketones is 1. The van der Waals surface area contributed by atoms with Gasteiger partial charge in [-0.3, -0.25) is 4.79 Å². The summed E-state index contributed by atoms with van der Waals surface area (Å²) in [5.41, 5.74) is 8.81. The highest BCUT2D eigenvalue weighted by molar-refractivity contribution is 6.00. The van der Waals surface area contributed by atoms with Gasteiger partial charge in [0, 0.05) is 23.6 Å². The zero-order valence-electron chi connectivity index (χ0n) is 17.3. The molecule has 27 heavy (non-hydrogen) atoms. The predicted molar refractivity (Wildman–Crippen MR) is 110 cm³/mol. The molecular weight excluding hydrogens is 336 g/mol. The number of oxime groups is 1. The zero-order chi connectivity index (χ0) is 19.7. The van der Waals surface area contributed by atoms with Crippen molar-refractivity contribution in [1.29, 1.82) is 0 Å². The molecule has 2 N–H and O–H groups in total. The predicted octanol–water partition coefficient (Wildman–Crippen LogP) is 4.81. The maximum Gasteiger partial charge on any atom is 0.163 e. The summed E-state index contributed by atoms with van der Waals surface area (Å²) in [5, 5.41) is 4.25. The van der Waals surface area contributed by atoms with Gasteiger partial charge in [-0.2, -0.15) is 0 Å². The first-order valence-corrected chi connectivity index (χ1v) is 10.4. The molecule has 1 unspecified atom stereocenters. The first kappa shape index (κ1) is 20.1. The molecule has 3 rings (SSSR count). The lowest BCUT2D eigenvalue weighted by Crippen LogP contribution is -2.51. The van der Waals surface area contributed by atoms with Gasteiger partial charge in [-0.05, 0) is 60.3 Å². The second-order valence-electron chi connectivity index (χ2n) is 9.13. The number of carbonyl (C=O) groups is 1. The molecule has 2 aliphatic carbocycles. The van der Waals surface area contributed by atoms with E-state index in [2.05, 4.69) is 51.0 Å². The van der Waals surface area contributed by atoms with Crippen LogP contribution in [0, 0.1) is 11.3 Å². The minimum atomic E-state index is -0.125. The van der Waals surface area contributed by atoms with Gasteiger partial charge in [-0.25, -0.2) is 0 Å². The Morgan fingerprint density at radius 1 is 1.33 bits per heavy atom. The highest BCUT2D eigenvalue weighted by atomic mass is 16.6. The maximum atomic E-state index is 13.1. The number of Topliss-reactive ketones (excluding diaryl/α,β-unsaturated/α-hetero) is 1. The lowest BCUT2D eigenvalue weighted by molar-refractivity contribution is 0.0592. The first-order chi connectivity index (χ1) is 12.8. The van der Waals surface area contributed by atoms with Gasteiger partial charge in [0.1, 0.15) is 6.61 Å². The standard InChI is InChI=1S/C23H34N2O2/c1-16(2)17-7-8-19-18(13-17)20(26)14-21-22(3,9-5-10-23(19,21)4)15-25-27-12-6-11-24/h7-8,13,15-16,21H,5-6,9-12,14,24H2,1-4H3/b25-15+/t21?,22-,23-/m1/s1. The monoisotopic (exact) mass is 370 g/mol. The smallest absolute Gasteiger partial charge is 0.163 e. The Balaban J connectivity index is 1.93. The molecule has 1 aromatic carbocycles. The molecule has 0 spiro atoms. The van der Waals surface area contributed by atoms with Crippen LogP contribution in [-0.4, -0.2) is 25.1 Å². The van der Waals surface area contributed by atoms with Crippen LogP contribution in [0.5, 0.6) is 0 Å². The Labute approximate surface area is 163 Å². The highest BCUT2D eigenvalue weighted by Crippen LogP contribution is 2.56. The van der Waals surface area contributed by atoms with Gasteiger partial charge in [0.15, 0.2) is 5.78 Å². The third-order valence-electron chi connectivity index (χ3n) is 6.85. The largest absolute Gasteiger partial charge is 0.396 e. The molecule has 1 fully saturated rings. The van der Waals surface area contributed by atoms with Crippen LogP contribution in [0.3, 0.4) is 0 Å². The Bertz CT molecular complexity index is 727. The fourth-order valence-electron chi connectivity index (χ4n) is 5.15. The number of rotatable bonds is 6. The first-order valence-electron chi connectivity index (χ1n) is 10.4. The molecule has 0 radical (unpaired) electrons. The summed E-state index contributed by atoms with van der Waals surface area (Å²) in [7, 11) is 0. The Morgan fingerprint density at radius 2 is 2.11 bits per heavy atom. The van der Waals surface area contributed by atoms with Gasteiger partial charge >= 0.3 is 0 Å². The second kappa shape index (κ2) is 7.75. The number of fused-ring (bicyclic) bond motifs is 3. The van der Waals surface area contributed by atoms with E-state index in [-0.39, 0.29) is 22.5 Å². The van der Waals surface area contributed by atoms with Gasteiger partial charge < -0.3 is 10.6 Å². The topological polar surface area (TPSA) is 64.7 Å². The van der Waals surface area contributed by atoms with Gasteiger partial charge in [0.05, 0.1) is 0 Å². The van der Waals surface area contributed by atoms with Crippen LogP contribution in [0.25, 0.3) is 0 Å². The average molecular weight is 371 g/mol. The fourth-order valence-corrected chi connectivity index (χ4v) is 5.15. The molecule has 4 nitrogen and oxygen atoms in total. The normalized spacial score (nSPS) is 30.4. The Kier molecular flexibility index (Phi) is 5.76. The summed E-state index contributed by atoms with van der Waals surface area (Å²) >= 11 is 0. The molecule has 0 aromatic heterocycles. The van der Waals surface area contributed by atoms with Gasteiger partial charge in [0.2, 0.25) is 0 Å². The van der Waals surface area contributed by atoms with E-state index in [4.69, 9.17) is 10.6 Å². The van der Waals surface area contributed by atoms with Crippen molar-refractivity contribution < 1.29 is 9.63 Å². The van der Waals surface area contributed by atoms with Crippen LogP contribution >= 0.6 is 0 Å². The number of hydrogen-bond acceptors (Lipinski definition) is 4. The third kappa shape index (κ3) is 3.69. The summed E-state index contributed by atoms with van der Waals surface area (Å²) in [6.45, 7) is 10.1. The minimum Gasteiger partial charge on any atom is -0.396 e. The number of hydrogen-bond donors (Lipinski definition) is 1. The van der Waals surface area contributed by atoms with Crippen molar-refractivity contribution in [2.45, 2.75) is 71.1 Å². The Hall–Kier alpha value is -1.68. The lowest BCUT2D eigenvalue weighted by atomic mass is 9.50. The van der Waals surface area contributed by atoms with E-state index < -0.39 is 0 Å². The van der Waals surface area contributed by atoms with Crippen LogP contribution in [0.2, 0.25) is 0 Å². The van der Waals surface area contributed by atoms with Crippen LogP contribution < -0.4 is 5.73 Å². The molecule has 0 saturated heterocycles. The van der Waals surface area contributed by atoms with E-state index in [0.717, 1.165) is 31.2 Å². The number of benzene rings is 1. The average Bonchev–Trinajstić information content (AvgIpc) is 2.63. The highest BCUT2D eigenvalue weighted by Gasteiger charge is 2.53. The number of carbonyl (C=O) groups excluding carboxylic acids is 1. The van der Waals surface area contributed by atoms with Crippen molar-refractivity contribution in [3.8, 4) is 0 Å². The number of nitrogens with two attached hydrogens (primary N) is 1. The molecular formula is C23H34N2O2. The lowest BCUT2D eigenvalue weighted by Gasteiger charge is -2.53. The number of nitrogens with zero attached hydrogens (tertiary/aromatic N) is 1. The van der Waals surface area contributed by atoms with Crippen molar-refractivity contribution in [3.05, 3.63) is 34.9 Å². The van der Waals surface area contributed by atoms with E-state index in [1.807, 2.05) is 6.21 Å². The molecule has 0 aliphatic heterocycles. The van der Waals surface area contributed by atoms with E-state index in [1.54, 1.807) is 0 Å². The van der Waals surface area contributed by atoms with Crippen LogP contribution in [0.15, 0.2) is 23.4 Å². The summed E-state index contributed by atoms with van der Waals surface area (Å²) in [6.07, 6.45) is 6.67. The summed E-state index contributed by atoms with van der Waals surface area (Å²) in [5.74, 6) is 0.967. The van der Waals surface area contributed by atoms with Gasteiger partial charge in [-0.15, -0.1) is 0 Å². The van der Waals surface area contributed by atoms with E-state index in [0.29, 0.717) is 25.5 Å². The molecule has 148 valence electrons. The Morgan fingerprint density at radius 3 is 2.81 bits per heavy atom. The van der Waals surface area contributed by atoms with E-state index >= 15 is 0 Å². The second-order valence-corrected chi connectivity index (χ2v) is 9.13. The molecule has 4 heteroatoms. The fraction of sp³-hybridized carbons (Fsp3) is 0.652. The van der Waals surface area contributed by atoms with Gasteiger partial charge in [0.25, 0.3) is 0 Å². The van der Waals surface area contributed by atoms with Crippen molar-refractivity contribution in [2.24, 2.45) is 22.2 Å². The van der Waals surface area contributed by atoms with Crippen LogP contribution in [0.1, 0.15) is 87.2 Å². The maximum absolute atomic E-state index is 13.1. The quantitative estimate of drug-likeness (QED) is 0.444. The summed E-state index contributed by atoms with van der Waals surface area (Å²) in [4.78, 5) is 18.5. The molecule has 0 amide bonds. The van der Waals surface area contributed by atoms with E-state index in [9.17, 15) is 4.79 Å². The molecule has 2 aliphatic rings. The third-order valence-corrected chi connectivity index (χ3v) is 6.85. The molecule has 1 saturated carbocycles. The SMILES string of the molecule is CC(C)c1ccc2c(c1)C(=O)CC1[C@@](C)(/C=N/OCCCN)CCC[C@]21C. The molecule has 1 aromatic rings. The zero-order valence-corrected chi connectivity index (χ0v) is 17.3. The molecule has 3 atom stereocenters. The van der Waals surface area contributed by atoms with Gasteiger partial charge in [-0.1, -0.05) is 51.4 Å². The van der Waals surface area contributed by atoms with Crippen LogP contribution in [0.4, 0.5) is 0 Å².